The number of fused-ring (bicyclic) bond motifs is 1. The summed E-state index contributed by atoms with van der Waals surface area (Å²) in [5, 5.41) is 2.73. The van der Waals surface area contributed by atoms with Crippen molar-refractivity contribution in [2.24, 2.45) is 10.9 Å². The van der Waals surface area contributed by atoms with Gasteiger partial charge in [-0.2, -0.15) is 0 Å². The Labute approximate surface area is 187 Å². The minimum atomic E-state index is -3.71. The van der Waals surface area contributed by atoms with Gasteiger partial charge < -0.3 is 15.0 Å². The topological polar surface area (TPSA) is 117 Å². The first-order valence-corrected chi connectivity index (χ1v) is 11.5. The van der Waals surface area contributed by atoms with Crippen LogP contribution >= 0.6 is 0 Å². The molecule has 32 heavy (non-hydrogen) atoms. The number of likely N-dealkylation sites (N-methyl/N-ethyl adjacent to an activating group) is 1. The first-order chi connectivity index (χ1) is 15.1. The van der Waals surface area contributed by atoms with E-state index in [1.165, 1.54) is 25.1 Å². The van der Waals surface area contributed by atoms with E-state index in [0.29, 0.717) is 17.0 Å². The molecule has 0 unspecified atom stereocenters. The van der Waals surface area contributed by atoms with Gasteiger partial charge >= 0.3 is 0 Å². The predicted octanol–water partition coefficient (Wildman–Crippen LogP) is 1.86. The van der Waals surface area contributed by atoms with E-state index >= 15 is 0 Å². The van der Waals surface area contributed by atoms with Gasteiger partial charge in [-0.1, -0.05) is 32.0 Å². The second-order valence-electron chi connectivity index (χ2n) is 7.74. The zero-order chi connectivity index (χ0) is 23.5. The number of benzene rings is 2. The van der Waals surface area contributed by atoms with Crippen LogP contribution in [0, 0.1) is 5.92 Å². The van der Waals surface area contributed by atoms with Crippen LogP contribution in [-0.4, -0.2) is 57.7 Å². The van der Waals surface area contributed by atoms with E-state index in [4.69, 9.17) is 4.74 Å². The van der Waals surface area contributed by atoms with Crippen LogP contribution in [0.2, 0.25) is 0 Å². The van der Waals surface area contributed by atoms with Crippen LogP contribution in [0.1, 0.15) is 19.4 Å². The maximum atomic E-state index is 13.1. The number of amidine groups is 1. The highest BCUT2D eigenvalue weighted by Crippen LogP contribution is 2.24. The van der Waals surface area contributed by atoms with Gasteiger partial charge in [-0.05, 0) is 30.2 Å². The Morgan fingerprint density at radius 2 is 1.88 bits per heavy atom. The lowest BCUT2D eigenvalue weighted by Crippen LogP contribution is -2.43. The number of ether oxygens (including phenoxy) is 1. The molecule has 0 bridgehead atoms. The number of methoxy groups -OCH3 is 1. The van der Waals surface area contributed by atoms with Gasteiger partial charge in [0, 0.05) is 24.4 Å². The number of nitrogens with zero attached hydrogens (tertiary/aromatic N) is 2. The van der Waals surface area contributed by atoms with Gasteiger partial charge in [0.1, 0.15) is 17.6 Å². The number of nitrogens with one attached hydrogen (secondary N) is 2. The molecule has 2 N–H and O–H groups in total. The van der Waals surface area contributed by atoms with E-state index in [0.717, 1.165) is 0 Å². The summed E-state index contributed by atoms with van der Waals surface area (Å²) < 4.78 is 32.2. The van der Waals surface area contributed by atoms with Crippen LogP contribution < -0.4 is 14.8 Å². The molecule has 2 aromatic carbocycles. The zero-order valence-corrected chi connectivity index (χ0v) is 19.1. The summed E-state index contributed by atoms with van der Waals surface area (Å²) in [6, 6.07) is 12.5. The fourth-order valence-electron chi connectivity index (χ4n) is 3.28. The lowest BCUT2D eigenvalue weighted by molar-refractivity contribution is -0.135. The summed E-state index contributed by atoms with van der Waals surface area (Å²) in [4.78, 5) is 31.4. The molecule has 2 aromatic rings. The summed E-state index contributed by atoms with van der Waals surface area (Å²) in [6.45, 7) is 3.44. The molecule has 0 fully saturated rings. The smallest absolute Gasteiger partial charge is 0.263 e. The van der Waals surface area contributed by atoms with Crippen LogP contribution in [-0.2, 0) is 19.6 Å². The van der Waals surface area contributed by atoms with Crippen molar-refractivity contribution in [3.8, 4) is 5.75 Å². The molecule has 0 saturated carbocycles. The molecule has 10 heteroatoms. The van der Waals surface area contributed by atoms with Crippen molar-refractivity contribution in [1.82, 2.24) is 9.62 Å². The number of amides is 2. The monoisotopic (exact) mass is 458 g/mol. The SMILES string of the molecule is COc1cccc(NC(=O)CN(C)C(=O)[C@@H](N=C2NS(=O)(=O)c3ccccc32)C(C)C)c1. The van der Waals surface area contributed by atoms with Crippen molar-refractivity contribution in [3.05, 3.63) is 54.1 Å². The molecule has 0 spiro atoms. The highest BCUT2D eigenvalue weighted by atomic mass is 32.2. The van der Waals surface area contributed by atoms with E-state index in [9.17, 15) is 18.0 Å². The van der Waals surface area contributed by atoms with E-state index in [2.05, 4.69) is 15.0 Å². The van der Waals surface area contributed by atoms with Crippen molar-refractivity contribution in [2.75, 3.05) is 26.0 Å². The maximum absolute atomic E-state index is 13.1. The quantitative estimate of drug-likeness (QED) is 0.657. The lowest BCUT2D eigenvalue weighted by Gasteiger charge is -2.24. The fourth-order valence-corrected chi connectivity index (χ4v) is 4.52. The maximum Gasteiger partial charge on any atom is 0.263 e. The predicted molar refractivity (Wildman–Crippen MR) is 121 cm³/mol. The van der Waals surface area contributed by atoms with E-state index in [-0.39, 0.29) is 29.1 Å². The Kier molecular flexibility index (Phi) is 6.83. The Morgan fingerprint density at radius 1 is 1.16 bits per heavy atom. The fraction of sp³-hybridized carbons (Fsp3) is 0.318. The minimum Gasteiger partial charge on any atom is -0.497 e. The van der Waals surface area contributed by atoms with Crippen molar-refractivity contribution in [1.29, 1.82) is 0 Å². The van der Waals surface area contributed by atoms with E-state index < -0.39 is 22.0 Å². The molecule has 0 radical (unpaired) electrons. The van der Waals surface area contributed by atoms with Crippen LogP contribution in [0.5, 0.6) is 5.75 Å². The van der Waals surface area contributed by atoms with Crippen LogP contribution in [0.3, 0.4) is 0 Å². The Balaban J connectivity index is 1.75. The first kappa shape index (κ1) is 23.3. The molecule has 1 heterocycles. The Hall–Kier alpha value is -3.40. The summed E-state index contributed by atoms with van der Waals surface area (Å²) in [7, 11) is -0.670. The van der Waals surface area contributed by atoms with Gasteiger partial charge in [0.15, 0.2) is 0 Å². The first-order valence-electron chi connectivity index (χ1n) is 10.0. The third-order valence-corrected chi connectivity index (χ3v) is 6.32. The largest absolute Gasteiger partial charge is 0.497 e. The van der Waals surface area contributed by atoms with Crippen molar-refractivity contribution >= 4 is 33.4 Å². The number of sulfonamides is 1. The van der Waals surface area contributed by atoms with Crippen molar-refractivity contribution in [3.63, 3.8) is 0 Å². The van der Waals surface area contributed by atoms with Crippen molar-refractivity contribution < 1.29 is 22.7 Å². The molecule has 170 valence electrons. The second kappa shape index (κ2) is 9.39. The standard InChI is InChI=1S/C22H26N4O5S/c1-14(2)20(24-21-17-10-5-6-11-18(17)32(29,30)25-21)22(28)26(3)13-19(27)23-15-8-7-9-16(12-15)31-4/h5-12,14,20H,13H2,1-4H3,(H,23,27)(H,24,25)/t20-/m0/s1. The highest BCUT2D eigenvalue weighted by molar-refractivity contribution is 7.90. The molecule has 9 nitrogen and oxygen atoms in total. The molecule has 1 atom stereocenters. The number of aliphatic imine (C=N–C) groups is 1. The van der Waals surface area contributed by atoms with Gasteiger partial charge in [0.2, 0.25) is 11.8 Å². The molecule has 0 saturated heterocycles. The summed E-state index contributed by atoms with van der Waals surface area (Å²) in [5.74, 6) is -0.270. The second-order valence-corrected chi connectivity index (χ2v) is 9.39. The molecular weight excluding hydrogens is 432 g/mol. The molecule has 2 amide bonds. The normalized spacial score (nSPS) is 16.2. The third-order valence-electron chi connectivity index (χ3n) is 4.93. The lowest BCUT2D eigenvalue weighted by atomic mass is 10.0. The van der Waals surface area contributed by atoms with Gasteiger partial charge in [-0.15, -0.1) is 0 Å². The van der Waals surface area contributed by atoms with Gasteiger partial charge in [-0.3, -0.25) is 19.3 Å². The number of hydrogen-bond donors (Lipinski definition) is 2. The molecule has 0 aromatic heterocycles. The van der Waals surface area contributed by atoms with Crippen LogP contribution in [0.15, 0.2) is 58.4 Å². The van der Waals surface area contributed by atoms with E-state index in [1.807, 2.05) is 13.8 Å². The molecule has 1 aliphatic heterocycles. The van der Waals surface area contributed by atoms with Crippen molar-refractivity contribution in [2.45, 2.75) is 24.8 Å². The number of carbonyl (C=O) groups is 2. The van der Waals surface area contributed by atoms with Gasteiger partial charge in [0.05, 0.1) is 18.6 Å². The van der Waals surface area contributed by atoms with Crippen LogP contribution in [0.25, 0.3) is 0 Å². The summed E-state index contributed by atoms with van der Waals surface area (Å²) in [5.41, 5.74) is 0.970. The number of hydrogen-bond acceptors (Lipinski definition) is 6. The molecular formula is C22H26N4O5S. The van der Waals surface area contributed by atoms with Crippen LogP contribution in [0.4, 0.5) is 5.69 Å². The zero-order valence-electron chi connectivity index (χ0n) is 18.3. The summed E-state index contributed by atoms with van der Waals surface area (Å²) in [6.07, 6.45) is 0. The number of anilines is 1. The minimum absolute atomic E-state index is 0.125. The average molecular weight is 459 g/mol. The van der Waals surface area contributed by atoms with Gasteiger partial charge in [-0.25, -0.2) is 8.42 Å². The molecule has 0 aliphatic carbocycles. The average Bonchev–Trinajstić information content (AvgIpc) is 3.01. The Morgan fingerprint density at radius 3 is 2.56 bits per heavy atom. The number of carbonyl (C=O) groups excluding carboxylic acids is 2. The molecule has 1 aliphatic rings. The summed E-state index contributed by atoms with van der Waals surface area (Å²) >= 11 is 0. The molecule has 3 rings (SSSR count). The van der Waals surface area contributed by atoms with Gasteiger partial charge in [0.25, 0.3) is 10.0 Å². The Bertz CT molecular complexity index is 1160. The number of rotatable bonds is 7. The van der Waals surface area contributed by atoms with E-state index in [1.54, 1.807) is 42.5 Å². The highest BCUT2D eigenvalue weighted by Gasteiger charge is 2.33. The third kappa shape index (κ3) is 5.08.